The number of ether oxygens (including phenoxy) is 2. The molecule has 37 heavy (non-hydrogen) atoms. The maximum absolute atomic E-state index is 13.5. The topological polar surface area (TPSA) is 130 Å². The van der Waals surface area contributed by atoms with Crippen molar-refractivity contribution in [2.75, 3.05) is 44.7 Å². The fourth-order valence-corrected chi connectivity index (χ4v) is 5.98. The van der Waals surface area contributed by atoms with E-state index >= 15 is 0 Å². The van der Waals surface area contributed by atoms with Crippen LogP contribution in [0.5, 0.6) is 5.75 Å². The minimum atomic E-state index is -3.86. The zero-order chi connectivity index (χ0) is 26.6. The second-order valence-corrected chi connectivity index (χ2v) is 10.7. The summed E-state index contributed by atoms with van der Waals surface area (Å²) in [5, 5.41) is 6.23. The molecule has 3 heterocycles. The standard InChI is InChI=1S/C25H33N5O6S/c1-4-7-17-10-11-26-22-21(17)27-23(28-24(22)31)19-16-18(8-9-20(19)35-5-2)37(33,34)30-14-12-29(13-15-30)25(32)36-6-3/h8-11,16,23,27H,4-7,12-15H2,1-3H3,(H,28,31). The summed E-state index contributed by atoms with van der Waals surface area (Å²) in [5.74, 6) is 0.123. The van der Waals surface area contributed by atoms with E-state index in [-0.39, 0.29) is 43.6 Å². The normalized spacial score (nSPS) is 18.0. The number of nitrogens with zero attached hydrogens (tertiary/aromatic N) is 3. The predicted molar refractivity (Wildman–Crippen MR) is 137 cm³/mol. The molecule has 4 rings (SSSR count). The molecule has 0 aliphatic carbocycles. The van der Waals surface area contributed by atoms with Gasteiger partial charge in [0.05, 0.1) is 23.8 Å². The number of benzene rings is 1. The zero-order valence-electron chi connectivity index (χ0n) is 21.3. The highest BCUT2D eigenvalue weighted by Crippen LogP contribution is 2.35. The minimum absolute atomic E-state index is 0.0809. The first-order valence-electron chi connectivity index (χ1n) is 12.5. The Balaban J connectivity index is 1.63. The van der Waals surface area contributed by atoms with Gasteiger partial charge in [-0.2, -0.15) is 4.31 Å². The van der Waals surface area contributed by atoms with Crippen molar-refractivity contribution in [1.29, 1.82) is 0 Å². The quantitative estimate of drug-likeness (QED) is 0.532. The second kappa shape index (κ2) is 11.3. The molecule has 1 unspecified atom stereocenters. The third-order valence-electron chi connectivity index (χ3n) is 6.33. The van der Waals surface area contributed by atoms with Crippen LogP contribution in [0.25, 0.3) is 0 Å². The van der Waals surface area contributed by atoms with Gasteiger partial charge < -0.3 is 25.0 Å². The Bertz CT molecular complexity index is 1260. The monoisotopic (exact) mass is 531 g/mol. The number of aromatic nitrogens is 1. The average molecular weight is 532 g/mol. The number of sulfonamides is 1. The molecule has 200 valence electrons. The lowest BCUT2D eigenvalue weighted by Crippen LogP contribution is -2.50. The summed E-state index contributed by atoms with van der Waals surface area (Å²) >= 11 is 0. The molecule has 12 heteroatoms. The lowest BCUT2D eigenvalue weighted by atomic mass is 10.0. The molecule has 1 fully saturated rings. The van der Waals surface area contributed by atoms with Crippen LogP contribution in [0.4, 0.5) is 10.5 Å². The zero-order valence-corrected chi connectivity index (χ0v) is 22.1. The summed E-state index contributed by atoms with van der Waals surface area (Å²) in [6.45, 7) is 7.05. The Morgan fingerprint density at radius 1 is 1.08 bits per heavy atom. The number of carbonyl (C=O) groups excluding carboxylic acids is 2. The molecule has 2 aromatic rings. The van der Waals surface area contributed by atoms with Crippen molar-refractivity contribution in [3.05, 3.63) is 47.3 Å². The fraction of sp³-hybridized carbons (Fsp3) is 0.480. The first-order chi connectivity index (χ1) is 17.8. The molecule has 0 radical (unpaired) electrons. The van der Waals surface area contributed by atoms with E-state index in [2.05, 4.69) is 22.5 Å². The van der Waals surface area contributed by atoms with Crippen molar-refractivity contribution in [1.82, 2.24) is 19.5 Å². The summed E-state index contributed by atoms with van der Waals surface area (Å²) < 4.78 is 39.2. The van der Waals surface area contributed by atoms with Crippen molar-refractivity contribution in [2.45, 2.75) is 44.7 Å². The molecule has 1 aromatic heterocycles. The fourth-order valence-electron chi connectivity index (χ4n) is 4.52. The third-order valence-corrected chi connectivity index (χ3v) is 8.22. The number of carbonyl (C=O) groups is 2. The molecule has 2 aliphatic rings. The highest BCUT2D eigenvalue weighted by atomic mass is 32.2. The van der Waals surface area contributed by atoms with Crippen molar-refractivity contribution in [3.63, 3.8) is 0 Å². The van der Waals surface area contributed by atoms with Crippen LogP contribution in [0.15, 0.2) is 35.4 Å². The van der Waals surface area contributed by atoms with Gasteiger partial charge in [0.25, 0.3) is 5.91 Å². The Hall–Kier alpha value is -3.38. The summed E-state index contributed by atoms with van der Waals surface area (Å²) in [5.41, 5.74) is 2.42. The summed E-state index contributed by atoms with van der Waals surface area (Å²) in [4.78, 5) is 30.7. The molecule has 0 saturated carbocycles. The smallest absolute Gasteiger partial charge is 0.409 e. The van der Waals surface area contributed by atoms with Crippen molar-refractivity contribution in [2.24, 2.45) is 0 Å². The van der Waals surface area contributed by atoms with E-state index in [0.29, 0.717) is 29.3 Å². The Morgan fingerprint density at radius 2 is 1.84 bits per heavy atom. The Labute approximate surface area is 217 Å². The van der Waals surface area contributed by atoms with Gasteiger partial charge >= 0.3 is 6.09 Å². The number of hydrogen-bond acceptors (Lipinski definition) is 8. The van der Waals surface area contributed by atoms with E-state index in [4.69, 9.17) is 9.47 Å². The summed E-state index contributed by atoms with van der Waals surface area (Å²) in [6.07, 6.45) is 2.12. The molecule has 0 bridgehead atoms. The molecular formula is C25H33N5O6S. The molecular weight excluding hydrogens is 498 g/mol. The van der Waals surface area contributed by atoms with E-state index in [1.165, 1.54) is 21.3 Å². The van der Waals surface area contributed by atoms with Crippen LogP contribution in [-0.2, 0) is 21.2 Å². The average Bonchev–Trinajstić information content (AvgIpc) is 2.90. The Kier molecular flexibility index (Phi) is 8.18. The molecule has 2 aliphatic heterocycles. The maximum atomic E-state index is 13.5. The van der Waals surface area contributed by atoms with Crippen LogP contribution in [0.3, 0.4) is 0 Å². The van der Waals surface area contributed by atoms with Gasteiger partial charge in [-0.3, -0.25) is 4.79 Å². The number of amides is 2. The van der Waals surface area contributed by atoms with Crippen LogP contribution < -0.4 is 15.4 Å². The number of fused-ring (bicyclic) bond motifs is 1. The molecule has 2 N–H and O–H groups in total. The molecule has 1 aromatic carbocycles. The van der Waals surface area contributed by atoms with E-state index in [9.17, 15) is 18.0 Å². The van der Waals surface area contributed by atoms with Gasteiger partial charge in [-0.05, 0) is 50.1 Å². The van der Waals surface area contributed by atoms with Crippen LogP contribution in [0.1, 0.15) is 55.0 Å². The highest BCUT2D eigenvalue weighted by molar-refractivity contribution is 7.89. The molecule has 11 nitrogen and oxygen atoms in total. The molecule has 1 saturated heterocycles. The summed E-state index contributed by atoms with van der Waals surface area (Å²) in [6, 6.07) is 6.53. The second-order valence-electron chi connectivity index (χ2n) is 8.72. The number of hydrogen-bond donors (Lipinski definition) is 2. The van der Waals surface area contributed by atoms with Gasteiger partial charge in [-0.15, -0.1) is 0 Å². The van der Waals surface area contributed by atoms with Crippen LogP contribution in [0, 0.1) is 0 Å². The van der Waals surface area contributed by atoms with Gasteiger partial charge in [0.1, 0.15) is 11.9 Å². The minimum Gasteiger partial charge on any atom is -0.493 e. The Morgan fingerprint density at radius 3 is 2.51 bits per heavy atom. The number of piperazine rings is 1. The first kappa shape index (κ1) is 26.7. The van der Waals surface area contributed by atoms with Gasteiger partial charge in [0.2, 0.25) is 10.0 Å². The largest absolute Gasteiger partial charge is 0.493 e. The summed E-state index contributed by atoms with van der Waals surface area (Å²) in [7, 11) is -3.86. The number of anilines is 1. The number of aryl methyl sites for hydroxylation is 1. The van der Waals surface area contributed by atoms with E-state index < -0.39 is 22.3 Å². The van der Waals surface area contributed by atoms with Crippen LogP contribution >= 0.6 is 0 Å². The first-order valence-corrected chi connectivity index (χ1v) is 14.0. The lowest BCUT2D eigenvalue weighted by molar-refractivity contribution is 0.0924. The maximum Gasteiger partial charge on any atom is 0.409 e. The van der Waals surface area contributed by atoms with Crippen molar-refractivity contribution < 1.29 is 27.5 Å². The predicted octanol–water partition coefficient (Wildman–Crippen LogP) is 2.75. The lowest BCUT2D eigenvalue weighted by Gasteiger charge is -2.33. The van der Waals surface area contributed by atoms with Crippen LogP contribution in [-0.4, -0.2) is 74.0 Å². The van der Waals surface area contributed by atoms with E-state index in [1.54, 1.807) is 19.2 Å². The number of nitrogens with one attached hydrogen (secondary N) is 2. The van der Waals surface area contributed by atoms with E-state index in [1.807, 2.05) is 13.0 Å². The molecule has 2 amide bonds. The van der Waals surface area contributed by atoms with Crippen LogP contribution in [0.2, 0.25) is 0 Å². The number of pyridine rings is 1. The van der Waals surface area contributed by atoms with Gasteiger partial charge in [0.15, 0.2) is 5.69 Å². The number of rotatable bonds is 8. The SMILES string of the molecule is CCCc1ccnc2c1NC(c1cc(S(=O)(=O)N3CCN(C(=O)OCC)CC3)ccc1OCC)NC2=O. The molecule has 1 atom stereocenters. The van der Waals surface area contributed by atoms with Gasteiger partial charge in [0, 0.05) is 37.9 Å². The van der Waals surface area contributed by atoms with Crippen molar-refractivity contribution in [3.8, 4) is 5.75 Å². The van der Waals surface area contributed by atoms with Gasteiger partial charge in [-0.1, -0.05) is 13.3 Å². The molecule has 0 spiro atoms. The van der Waals surface area contributed by atoms with Crippen molar-refractivity contribution >= 4 is 27.7 Å². The third kappa shape index (κ3) is 5.49. The highest BCUT2D eigenvalue weighted by Gasteiger charge is 2.34. The van der Waals surface area contributed by atoms with Gasteiger partial charge in [-0.25, -0.2) is 18.2 Å². The van der Waals surface area contributed by atoms with E-state index in [0.717, 1.165) is 18.4 Å².